The van der Waals surface area contributed by atoms with Crippen LogP contribution in [0.25, 0.3) is 0 Å². The number of alkyl halides is 3. The second-order valence-electron chi connectivity index (χ2n) is 7.50. The molecule has 8 heteroatoms. The number of halogens is 3. The molecule has 3 aromatic rings. The summed E-state index contributed by atoms with van der Waals surface area (Å²) in [5.74, 6) is -1.06. The van der Waals surface area contributed by atoms with E-state index >= 15 is 0 Å². The summed E-state index contributed by atoms with van der Waals surface area (Å²) in [7, 11) is 0. The van der Waals surface area contributed by atoms with Crippen molar-refractivity contribution in [2.24, 2.45) is 5.92 Å². The van der Waals surface area contributed by atoms with Crippen molar-refractivity contribution in [2.45, 2.75) is 18.3 Å². The first-order chi connectivity index (χ1) is 14.8. The molecule has 1 fully saturated rings. The molecular formula is C23H20F3NO3S. The molecule has 1 aromatic heterocycles. The Bertz CT molecular complexity index is 1020. The number of carbonyl (C=O) groups is 1. The van der Waals surface area contributed by atoms with E-state index in [2.05, 4.69) is 0 Å². The molecule has 162 valence electrons. The molecule has 0 bridgehead atoms. The van der Waals surface area contributed by atoms with Crippen LogP contribution in [0.3, 0.4) is 0 Å². The first-order valence-corrected chi connectivity index (χ1v) is 10.6. The quantitative estimate of drug-likeness (QED) is 0.544. The molecule has 2 heterocycles. The molecule has 1 saturated heterocycles. The monoisotopic (exact) mass is 447 g/mol. The highest BCUT2D eigenvalue weighted by Crippen LogP contribution is 2.49. The van der Waals surface area contributed by atoms with E-state index in [-0.39, 0.29) is 22.1 Å². The maximum Gasteiger partial charge on any atom is 0.437 e. The van der Waals surface area contributed by atoms with Crippen molar-refractivity contribution >= 4 is 17.3 Å². The van der Waals surface area contributed by atoms with Crippen LogP contribution in [0.15, 0.2) is 72.1 Å². The van der Waals surface area contributed by atoms with Gasteiger partial charge in [-0.2, -0.15) is 13.2 Å². The number of rotatable bonds is 7. The van der Waals surface area contributed by atoms with Crippen molar-refractivity contribution in [1.29, 1.82) is 0 Å². The maximum atomic E-state index is 14.5. The molecule has 1 N–H and O–H groups in total. The summed E-state index contributed by atoms with van der Waals surface area (Å²) in [4.78, 5) is 12.9. The number of hydrogen-bond donors (Lipinski definition) is 1. The molecule has 0 aliphatic carbocycles. The smallest absolute Gasteiger partial charge is 0.437 e. The van der Waals surface area contributed by atoms with E-state index in [1.54, 1.807) is 41.8 Å². The fourth-order valence-electron chi connectivity index (χ4n) is 3.72. The lowest BCUT2D eigenvalue weighted by Crippen LogP contribution is -2.49. The van der Waals surface area contributed by atoms with Crippen molar-refractivity contribution in [3.63, 3.8) is 0 Å². The Hall–Kier alpha value is -2.84. The van der Waals surface area contributed by atoms with Gasteiger partial charge in [0.05, 0.1) is 10.8 Å². The molecule has 4 rings (SSSR count). The molecule has 1 atom stereocenters. The molecular weight excluding hydrogens is 427 g/mol. The summed E-state index contributed by atoms with van der Waals surface area (Å²) in [6.07, 6.45) is -4.69. The average Bonchev–Trinajstić information content (AvgIpc) is 3.24. The molecule has 1 aliphatic rings. The van der Waals surface area contributed by atoms with Crippen LogP contribution in [0.1, 0.15) is 16.0 Å². The highest BCUT2D eigenvalue weighted by molar-refractivity contribution is 7.10. The first kappa shape index (κ1) is 21.4. The summed E-state index contributed by atoms with van der Waals surface area (Å²) in [6, 6.07) is 17.1. The second kappa shape index (κ2) is 8.36. The number of carboxylic acid groups (broad SMARTS) is 1. The molecule has 31 heavy (non-hydrogen) atoms. The lowest BCUT2D eigenvalue weighted by molar-refractivity contribution is -0.236. The standard InChI is InChI=1S/C23H20F3NO3S/c24-23(25,26)22(20-7-4-12-31-20,18-5-2-1-3-6-18)30-19-10-8-16(9-11-19)13-27-14-17(15-27)21(28)29/h1-12,17H,13-15H2,(H,28,29). The number of aliphatic carboxylic acids is 1. The third kappa shape index (κ3) is 4.18. The molecule has 0 spiro atoms. The van der Waals surface area contributed by atoms with E-state index in [1.807, 2.05) is 4.90 Å². The van der Waals surface area contributed by atoms with Gasteiger partial charge in [0.1, 0.15) is 5.75 Å². The summed E-state index contributed by atoms with van der Waals surface area (Å²) in [6.45, 7) is 1.48. The minimum absolute atomic E-state index is 0.00863. The van der Waals surface area contributed by atoms with Gasteiger partial charge in [-0.25, -0.2) is 0 Å². The van der Waals surface area contributed by atoms with E-state index in [4.69, 9.17) is 9.84 Å². The minimum atomic E-state index is -4.69. The third-order valence-corrected chi connectivity index (χ3v) is 6.33. The number of ether oxygens (including phenoxy) is 1. The van der Waals surface area contributed by atoms with Gasteiger partial charge in [0, 0.05) is 25.2 Å². The van der Waals surface area contributed by atoms with Crippen LogP contribution < -0.4 is 4.74 Å². The number of benzene rings is 2. The topological polar surface area (TPSA) is 49.8 Å². The highest BCUT2D eigenvalue weighted by Gasteiger charge is 2.60. The zero-order valence-corrected chi connectivity index (χ0v) is 17.2. The largest absolute Gasteiger partial charge is 0.481 e. The van der Waals surface area contributed by atoms with Gasteiger partial charge in [0.25, 0.3) is 5.60 Å². The number of thiophene rings is 1. The second-order valence-corrected chi connectivity index (χ2v) is 8.45. The number of hydrogen-bond acceptors (Lipinski definition) is 4. The minimum Gasteiger partial charge on any atom is -0.481 e. The fourth-order valence-corrected chi connectivity index (χ4v) is 4.62. The lowest BCUT2D eigenvalue weighted by Gasteiger charge is -2.37. The van der Waals surface area contributed by atoms with Crippen LogP contribution in [0.5, 0.6) is 5.75 Å². The Morgan fingerprint density at radius 3 is 2.26 bits per heavy atom. The normalized spacial score (nSPS) is 17.0. The first-order valence-electron chi connectivity index (χ1n) is 9.69. The van der Waals surface area contributed by atoms with Crippen molar-refractivity contribution in [3.8, 4) is 5.75 Å². The highest BCUT2D eigenvalue weighted by atomic mass is 32.1. The van der Waals surface area contributed by atoms with Crippen LogP contribution in [-0.2, 0) is 16.9 Å². The van der Waals surface area contributed by atoms with E-state index in [9.17, 15) is 18.0 Å². The summed E-state index contributed by atoms with van der Waals surface area (Å²) < 4.78 is 49.4. The SMILES string of the molecule is O=C(O)C1CN(Cc2ccc(OC(c3ccccc3)(c3cccs3)C(F)(F)F)cc2)C1. The Morgan fingerprint density at radius 1 is 1.03 bits per heavy atom. The van der Waals surface area contributed by atoms with Crippen LogP contribution in [0.2, 0.25) is 0 Å². The predicted octanol–water partition coefficient (Wildman–Crippen LogP) is 5.15. The number of nitrogens with zero attached hydrogens (tertiary/aromatic N) is 1. The van der Waals surface area contributed by atoms with Gasteiger partial charge in [-0.05, 0) is 29.1 Å². The van der Waals surface area contributed by atoms with Gasteiger partial charge in [0.15, 0.2) is 0 Å². The average molecular weight is 447 g/mol. The van der Waals surface area contributed by atoms with Crippen LogP contribution in [-0.4, -0.2) is 35.2 Å². The summed E-state index contributed by atoms with van der Waals surface area (Å²) >= 11 is 0.996. The van der Waals surface area contributed by atoms with E-state index in [1.165, 1.54) is 30.3 Å². The third-order valence-electron chi connectivity index (χ3n) is 5.35. The number of likely N-dealkylation sites (tertiary alicyclic amines) is 1. The van der Waals surface area contributed by atoms with Crippen molar-refractivity contribution in [2.75, 3.05) is 13.1 Å². The maximum absolute atomic E-state index is 14.5. The fraction of sp³-hybridized carbons (Fsp3) is 0.261. The van der Waals surface area contributed by atoms with Gasteiger partial charge >= 0.3 is 12.1 Å². The Kier molecular flexibility index (Phi) is 5.77. The van der Waals surface area contributed by atoms with Gasteiger partial charge in [-0.15, -0.1) is 11.3 Å². The van der Waals surface area contributed by atoms with Gasteiger partial charge < -0.3 is 9.84 Å². The summed E-state index contributed by atoms with van der Waals surface area (Å²) in [5.41, 5.74) is -1.73. The van der Waals surface area contributed by atoms with Crippen LogP contribution >= 0.6 is 11.3 Å². The van der Waals surface area contributed by atoms with E-state index < -0.39 is 17.7 Å². The van der Waals surface area contributed by atoms with Crippen LogP contribution in [0.4, 0.5) is 13.2 Å². The van der Waals surface area contributed by atoms with E-state index in [0.717, 1.165) is 16.9 Å². The zero-order chi connectivity index (χ0) is 22.1. The Morgan fingerprint density at radius 2 is 1.71 bits per heavy atom. The Balaban J connectivity index is 1.60. The van der Waals surface area contributed by atoms with Crippen molar-refractivity contribution in [3.05, 3.63) is 88.1 Å². The summed E-state index contributed by atoms with van der Waals surface area (Å²) in [5, 5.41) is 10.6. The van der Waals surface area contributed by atoms with Crippen LogP contribution in [0, 0.1) is 5.92 Å². The molecule has 1 unspecified atom stereocenters. The number of carboxylic acids is 1. The van der Waals surface area contributed by atoms with Gasteiger partial charge in [0.2, 0.25) is 0 Å². The Labute approximate surface area is 181 Å². The molecule has 2 aromatic carbocycles. The predicted molar refractivity (Wildman–Crippen MR) is 111 cm³/mol. The van der Waals surface area contributed by atoms with Gasteiger partial charge in [-0.1, -0.05) is 48.5 Å². The molecule has 0 radical (unpaired) electrons. The zero-order valence-electron chi connectivity index (χ0n) is 16.4. The van der Waals surface area contributed by atoms with Crippen molar-refractivity contribution < 1.29 is 27.8 Å². The van der Waals surface area contributed by atoms with Crippen molar-refractivity contribution in [1.82, 2.24) is 4.90 Å². The van der Waals surface area contributed by atoms with Gasteiger partial charge in [-0.3, -0.25) is 9.69 Å². The molecule has 1 aliphatic heterocycles. The van der Waals surface area contributed by atoms with E-state index in [0.29, 0.717) is 19.6 Å². The molecule has 4 nitrogen and oxygen atoms in total. The molecule has 0 saturated carbocycles. The lowest BCUT2D eigenvalue weighted by atomic mass is 9.90. The molecule has 0 amide bonds.